The molecule has 0 unspecified atom stereocenters. The van der Waals surface area contributed by atoms with E-state index >= 15 is 0 Å². The minimum Gasteiger partial charge on any atom is -0.297 e. The number of hydrogen-bond acceptors (Lipinski definition) is 4. The molecular weight excluding hydrogens is 500 g/mol. The predicted molar refractivity (Wildman–Crippen MR) is 139 cm³/mol. The zero-order valence-electron chi connectivity index (χ0n) is 17.3. The second-order valence-electron chi connectivity index (χ2n) is 7.57. The third-order valence-electron chi connectivity index (χ3n) is 5.27. The van der Waals surface area contributed by atoms with Crippen LogP contribution >= 0.6 is 38.6 Å². The smallest absolute Gasteiger partial charge is 0.267 e. The minimum atomic E-state index is -0.106. The summed E-state index contributed by atoms with van der Waals surface area (Å²) in [5.74, 6) is -0.106. The number of rotatable bonds is 5. The summed E-state index contributed by atoms with van der Waals surface area (Å²) in [6.45, 7) is 2.08. The van der Waals surface area contributed by atoms with Gasteiger partial charge in [-0.05, 0) is 48.1 Å². The van der Waals surface area contributed by atoms with Gasteiger partial charge in [-0.15, -0.1) is 22.7 Å². The van der Waals surface area contributed by atoms with E-state index in [2.05, 4.69) is 69.6 Å². The number of carbonyl (C=O) groups is 1. The Hall–Kier alpha value is -2.80. The lowest BCUT2D eigenvalue weighted by Crippen LogP contribution is -2.12. The molecule has 0 spiro atoms. The molecule has 0 saturated heterocycles. The molecule has 0 aliphatic carbocycles. The molecule has 1 N–H and O–H groups in total. The van der Waals surface area contributed by atoms with Gasteiger partial charge in [-0.25, -0.2) is 4.98 Å². The van der Waals surface area contributed by atoms with E-state index in [4.69, 9.17) is 0 Å². The normalized spacial score (nSPS) is 11.1. The molecule has 32 heavy (non-hydrogen) atoms. The first-order valence-electron chi connectivity index (χ1n) is 10.2. The zero-order chi connectivity index (χ0) is 22.1. The third kappa shape index (κ3) is 4.39. The highest BCUT2D eigenvalue weighted by Crippen LogP contribution is 2.34. The highest BCUT2D eigenvalue weighted by Gasteiger charge is 2.20. The first-order valence-corrected chi connectivity index (χ1v) is 12.6. The van der Waals surface area contributed by atoms with E-state index in [0.717, 1.165) is 42.7 Å². The number of halogens is 1. The fourth-order valence-electron chi connectivity index (χ4n) is 3.61. The average molecular weight is 519 g/mol. The largest absolute Gasteiger partial charge is 0.297 e. The van der Waals surface area contributed by atoms with Gasteiger partial charge in [0.15, 0.2) is 5.13 Å². The van der Waals surface area contributed by atoms with E-state index in [9.17, 15) is 4.79 Å². The second kappa shape index (κ2) is 8.98. The number of amides is 1. The quantitative estimate of drug-likeness (QED) is 0.256. The van der Waals surface area contributed by atoms with Crippen molar-refractivity contribution >= 4 is 59.7 Å². The molecule has 3 nitrogen and oxygen atoms in total. The van der Waals surface area contributed by atoms with Gasteiger partial charge in [0.1, 0.15) is 0 Å². The van der Waals surface area contributed by atoms with Crippen LogP contribution in [0.5, 0.6) is 0 Å². The van der Waals surface area contributed by atoms with Crippen LogP contribution < -0.4 is 5.32 Å². The average Bonchev–Trinajstić information content (AvgIpc) is 3.41. The van der Waals surface area contributed by atoms with Gasteiger partial charge in [-0.3, -0.25) is 10.1 Å². The lowest BCUT2D eigenvalue weighted by molar-refractivity contribution is 0.103. The summed E-state index contributed by atoms with van der Waals surface area (Å²) >= 11 is 6.43. The van der Waals surface area contributed by atoms with Crippen molar-refractivity contribution in [3.63, 3.8) is 0 Å². The molecule has 5 rings (SSSR count). The number of benzene rings is 3. The van der Waals surface area contributed by atoms with Gasteiger partial charge in [-0.2, -0.15) is 0 Å². The van der Waals surface area contributed by atoms with Crippen molar-refractivity contribution in [2.45, 2.75) is 13.3 Å². The van der Waals surface area contributed by atoms with Crippen molar-refractivity contribution in [3.8, 4) is 11.3 Å². The number of thiophene rings is 1. The van der Waals surface area contributed by atoms with Gasteiger partial charge >= 0.3 is 0 Å². The summed E-state index contributed by atoms with van der Waals surface area (Å²) < 4.78 is 2.14. The highest BCUT2D eigenvalue weighted by molar-refractivity contribution is 9.10. The van der Waals surface area contributed by atoms with Crippen LogP contribution in [-0.4, -0.2) is 10.9 Å². The maximum absolute atomic E-state index is 13.3. The Morgan fingerprint density at radius 2 is 1.75 bits per heavy atom. The zero-order valence-corrected chi connectivity index (χ0v) is 20.5. The predicted octanol–water partition coefficient (Wildman–Crippen LogP) is 7.94. The van der Waals surface area contributed by atoms with Crippen LogP contribution in [0.2, 0.25) is 0 Å². The van der Waals surface area contributed by atoms with Crippen molar-refractivity contribution in [2.75, 3.05) is 5.32 Å². The molecule has 1 amide bonds. The monoisotopic (exact) mass is 518 g/mol. The van der Waals surface area contributed by atoms with Gasteiger partial charge in [0, 0.05) is 20.1 Å². The number of thiazole rings is 1. The van der Waals surface area contributed by atoms with E-state index in [-0.39, 0.29) is 5.91 Å². The second-order valence-corrected chi connectivity index (χ2v) is 10.4. The van der Waals surface area contributed by atoms with Crippen LogP contribution in [0.15, 0.2) is 82.6 Å². The number of carbonyl (C=O) groups excluding carboxylic acids is 1. The summed E-state index contributed by atoms with van der Waals surface area (Å²) in [7, 11) is 0. The molecule has 158 valence electrons. The summed E-state index contributed by atoms with van der Waals surface area (Å²) in [4.78, 5) is 18.7. The number of aromatic nitrogens is 1. The number of nitrogens with one attached hydrogen (secondary N) is 1. The van der Waals surface area contributed by atoms with Gasteiger partial charge in [0.2, 0.25) is 0 Å². The molecule has 0 atom stereocenters. The molecule has 2 aromatic heterocycles. The molecule has 0 fully saturated rings. The topological polar surface area (TPSA) is 42.0 Å². The van der Waals surface area contributed by atoms with Crippen molar-refractivity contribution in [1.82, 2.24) is 4.98 Å². The molecule has 0 aliphatic heterocycles. The fourth-order valence-corrected chi connectivity index (χ4v) is 5.70. The Bertz CT molecular complexity index is 1400. The summed E-state index contributed by atoms with van der Waals surface area (Å²) in [6, 6.07) is 24.7. The molecule has 6 heteroatoms. The Kier molecular flexibility index (Phi) is 5.91. The molecule has 0 radical (unpaired) electrons. The number of aryl methyl sites for hydroxylation is 1. The lowest BCUT2D eigenvalue weighted by atomic mass is 10.0. The molecule has 2 heterocycles. The van der Waals surface area contributed by atoms with E-state index in [0.29, 0.717) is 5.13 Å². The highest BCUT2D eigenvalue weighted by atomic mass is 79.9. The van der Waals surface area contributed by atoms with Gasteiger partial charge < -0.3 is 0 Å². The van der Waals surface area contributed by atoms with E-state index < -0.39 is 0 Å². The first-order chi connectivity index (χ1) is 15.6. The van der Waals surface area contributed by atoms with Crippen molar-refractivity contribution in [2.24, 2.45) is 0 Å². The maximum atomic E-state index is 13.3. The molecule has 0 bridgehead atoms. The summed E-state index contributed by atoms with van der Waals surface area (Å²) in [6.07, 6.45) is 0.717. The lowest BCUT2D eigenvalue weighted by Gasteiger charge is -2.06. The van der Waals surface area contributed by atoms with Crippen LogP contribution in [0.25, 0.3) is 21.3 Å². The van der Waals surface area contributed by atoms with Crippen molar-refractivity contribution < 1.29 is 4.79 Å². The Balaban J connectivity index is 1.44. The van der Waals surface area contributed by atoms with Gasteiger partial charge in [-0.1, -0.05) is 76.1 Å². The number of nitrogens with zero attached hydrogens (tertiary/aromatic N) is 1. The van der Waals surface area contributed by atoms with Gasteiger partial charge in [0.25, 0.3) is 5.91 Å². The van der Waals surface area contributed by atoms with Crippen molar-refractivity contribution in [3.05, 3.63) is 104 Å². The minimum absolute atomic E-state index is 0.106. The van der Waals surface area contributed by atoms with Crippen LogP contribution in [0.1, 0.15) is 26.4 Å². The van der Waals surface area contributed by atoms with Crippen LogP contribution in [0.3, 0.4) is 0 Å². The molecule has 5 aromatic rings. The molecule has 0 saturated carbocycles. The van der Waals surface area contributed by atoms with E-state index in [1.807, 2.05) is 41.8 Å². The number of fused-ring (bicyclic) bond motifs is 1. The molecule has 0 aliphatic rings. The first kappa shape index (κ1) is 21.1. The third-order valence-corrected chi connectivity index (χ3v) is 7.77. The number of hydrogen-bond donors (Lipinski definition) is 1. The van der Waals surface area contributed by atoms with E-state index in [1.165, 1.54) is 33.8 Å². The fraction of sp³-hybridized carbons (Fsp3) is 0.0769. The van der Waals surface area contributed by atoms with E-state index in [1.54, 1.807) is 0 Å². The molecule has 3 aromatic carbocycles. The summed E-state index contributed by atoms with van der Waals surface area (Å²) in [5, 5.41) is 6.74. The van der Waals surface area contributed by atoms with Crippen molar-refractivity contribution in [1.29, 1.82) is 0 Å². The van der Waals surface area contributed by atoms with Crippen LogP contribution in [-0.2, 0) is 6.42 Å². The molecular formula is C26H19BrN2OS2. The number of anilines is 1. The standard InChI is InChI=1S/C26H19BrN2OS2/c1-16-6-8-17(9-7-16)14-21-20-4-2-3-5-23(20)32-24(21)25(30)29-26-28-22(15-31-26)18-10-12-19(27)13-11-18/h2-13,15H,14H2,1H3,(H,28,29,30). The Morgan fingerprint density at radius 3 is 2.53 bits per heavy atom. The maximum Gasteiger partial charge on any atom is 0.267 e. The van der Waals surface area contributed by atoms with Gasteiger partial charge in [0.05, 0.1) is 10.6 Å². The SMILES string of the molecule is Cc1ccc(Cc2c(C(=O)Nc3nc(-c4ccc(Br)cc4)cs3)sc3ccccc23)cc1. The Morgan fingerprint density at radius 1 is 1.00 bits per heavy atom. The Labute approximate surface area is 202 Å². The van der Waals surface area contributed by atoms with Crippen LogP contribution in [0.4, 0.5) is 5.13 Å². The summed E-state index contributed by atoms with van der Waals surface area (Å²) in [5.41, 5.74) is 5.37. The van der Waals surface area contributed by atoms with Crippen LogP contribution in [0, 0.1) is 6.92 Å².